The van der Waals surface area contributed by atoms with Crippen molar-refractivity contribution in [3.8, 4) is 0 Å². The van der Waals surface area contributed by atoms with Gasteiger partial charge in [-0.25, -0.2) is 0 Å². The fourth-order valence-electron chi connectivity index (χ4n) is 2.69. The molecule has 4 nitrogen and oxygen atoms in total. The molecule has 0 radical (unpaired) electrons. The molecule has 25 heavy (non-hydrogen) atoms. The molecular weight excluding hydrogens is 422 g/mol. The minimum atomic E-state index is -0.369. The lowest BCUT2D eigenvalue weighted by Crippen LogP contribution is -2.45. The van der Waals surface area contributed by atoms with E-state index in [1.165, 1.54) is 0 Å². The summed E-state index contributed by atoms with van der Waals surface area (Å²) in [5, 5.41) is 10.0. The van der Waals surface area contributed by atoms with Gasteiger partial charge in [-0.05, 0) is 42.9 Å². The molecule has 0 fully saturated rings. The van der Waals surface area contributed by atoms with E-state index in [4.69, 9.17) is 23.8 Å². The number of benzene rings is 2. The molecule has 2 aromatic carbocycles. The van der Waals surface area contributed by atoms with E-state index in [0.29, 0.717) is 27.1 Å². The largest absolute Gasteiger partial charge is 0.351 e. The Morgan fingerprint density at radius 2 is 1.88 bits per heavy atom. The van der Waals surface area contributed by atoms with Gasteiger partial charge in [0, 0.05) is 10.2 Å². The number of nitrogens with one attached hydrogen (secondary N) is 3. The number of carbonyl (C=O) groups is 1. The third-order valence-electron chi connectivity index (χ3n) is 3.85. The number of allylic oxidation sites excluding steroid dienone is 1. The predicted molar refractivity (Wildman–Crippen MR) is 109 cm³/mol. The molecule has 3 N–H and O–H groups in total. The summed E-state index contributed by atoms with van der Waals surface area (Å²) in [5.41, 5.74) is 2.75. The van der Waals surface area contributed by atoms with Gasteiger partial charge in [0.1, 0.15) is 0 Å². The summed E-state index contributed by atoms with van der Waals surface area (Å²) >= 11 is 15.0. The van der Waals surface area contributed by atoms with E-state index < -0.39 is 0 Å². The molecule has 1 heterocycles. The van der Waals surface area contributed by atoms with Crippen LogP contribution in [-0.2, 0) is 4.79 Å². The van der Waals surface area contributed by atoms with Crippen LogP contribution in [0, 0.1) is 0 Å². The average molecular weight is 437 g/mol. The molecule has 1 atom stereocenters. The van der Waals surface area contributed by atoms with Gasteiger partial charge in [-0.1, -0.05) is 57.9 Å². The van der Waals surface area contributed by atoms with Crippen LogP contribution in [0.15, 0.2) is 64.3 Å². The second kappa shape index (κ2) is 7.56. The van der Waals surface area contributed by atoms with E-state index in [1.54, 1.807) is 12.1 Å². The zero-order valence-electron chi connectivity index (χ0n) is 13.3. The Balaban J connectivity index is 1.99. The molecular formula is C18H15BrClN3OS. The summed E-state index contributed by atoms with van der Waals surface area (Å²) in [5.74, 6) is -0.242. The maximum atomic E-state index is 13.0. The van der Waals surface area contributed by atoms with Crippen LogP contribution < -0.4 is 16.0 Å². The van der Waals surface area contributed by atoms with Crippen LogP contribution >= 0.6 is 39.7 Å². The number of rotatable bonds is 3. The summed E-state index contributed by atoms with van der Waals surface area (Å²) in [7, 11) is 0. The second-order valence-electron chi connectivity index (χ2n) is 5.53. The number of carbonyl (C=O) groups excluding carboxylic acids is 1. The Morgan fingerprint density at radius 3 is 2.60 bits per heavy atom. The highest BCUT2D eigenvalue weighted by Gasteiger charge is 2.31. The van der Waals surface area contributed by atoms with Crippen molar-refractivity contribution in [1.82, 2.24) is 10.6 Å². The summed E-state index contributed by atoms with van der Waals surface area (Å²) in [4.78, 5) is 13.0. The lowest BCUT2D eigenvalue weighted by molar-refractivity contribution is -0.113. The fourth-order valence-corrected chi connectivity index (χ4v) is 3.66. The zero-order valence-corrected chi connectivity index (χ0v) is 16.4. The SMILES string of the molecule is CC1=C(C(=O)Nc2ccccc2Cl)[C@@H](c2ccccc2Br)NC(=S)N1. The highest BCUT2D eigenvalue weighted by atomic mass is 79.9. The quantitative estimate of drug-likeness (QED) is 0.619. The highest BCUT2D eigenvalue weighted by Crippen LogP contribution is 2.32. The smallest absolute Gasteiger partial charge is 0.255 e. The molecule has 0 saturated heterocycles. The Bertz CT molecular complexity index is 884. The molecule has 0 unspecified atom stereocenters. The molecule has 128 valence electrons. The number of thiocarbonyl (C=S) groups is 1. The number of anilines is 1. The Morgan fingerprint density at radius 1 is 1.20 bits per heavy atom. The van der Waals surface area contributed by atoms with Gasteiger partial charge in [0.05, 0.1) is 22.3 Å². The van der Waals surface area contributed by atoms with Crippen molar-refractivity contribution >= 4 is 56.5 Å². The van der Waals surface area contributed by atoms with E-state index >= 15 is 0 Å². The summed E-state index contributed by atoms with van der Waals surface area (Å²) < 4.78 is 0.896. The molecule has 0 bridgehead atoms. The maximum Gasteiger partial charge on any atom is 0.255 e. The van der Waals surface area contributed by atoms with Crippen molar-refractivity contribution in [2.75, 3.05) is 5.32 Å². The molecule has 0 spiro atoms. The van der Waals surface area contributed by atoms with Crippen molar-refractivity contribution in [3.63, 3.8) is 0 Å². The minimum Gasteiger partial charge on any atom is -0.351 e. The number of amides is 1. The summed E-state index contributed by atoms with van der Waals surface area (Å²) in [6.45, 7) is 1.83. The Kier molecular flexibility index (Phi) is 5.42. The first-order valence-electron chi connectivity index (χ1n) is 7.56. The van der Waals surface area contributed by atoms with Gasteiger partial charge in [-0.2, -0.15) is 0 Å². The van der Waals surface area contributed by atoms with Crippen molar-refractivity contribution in [3.05, 3.63) is 74.9 Å². The van der Waals surface area contributed by atoms with E-state index in [1.807, 2.05) is 43.3 Å². The molecule has 7 heteroatoms. The monoisotopic (exact) mass is 435 g/mol. The van der Waals surface area contributed by atoms with Crippen LogP contribution in [0.3, 0.4) is 0 Å². The minimum absolute atomic E-state index is 0.242. The molecule has 1 aliphatic heterocycles. The van der Waals surface area contributed by atoms with Crippen LogP contribution in [0.2, 0.25) is 5.02 Å². The van der Waals surface area contributed by atoms with Gasteiger partial charge in [-0.3, -0.25) is 4.79 Å². The number of halogens is 2. The zero-order chi connectivity index (χ0) is 18.0. The molecule has 2 aromatic rings. The lowest BCUT2D eigenvalue weighted by Gasteiger charge is -2.31. The number of hydrogen-bond donors (Lipinski definition) is 3. The molecule has 0 saturated carbocycles. The molecule has 0 aliphatic carbocycles. The van der Waals surface area contributed by atoms with E-state index in [2.05, 4.69) is 31.9 Å². The standard InChI is InChI=1S/C18H15BrClN3OS/c1-10-15(17(24)22-14-9-5-4-8-13(14)20)16(23-18(25)21-10)11-6-2-3-7-12(11)19/h2-9,16H,1H3,(H,22,24)(H2,21,23,25)/t16-/m1/s1. The van der Waals surface area contributed by atoms with E-state index in [9.17, 15) is 4.79 Å². The summed E-state index contributed by atoms with van der Waals surface area (Å²) in [6.07, 6.45) is 0. The van der Waals surface area contributed by atoms with Crippen molar-refractivity contribution in [2.45, 2.75) is 13.0 Å². The first kappa shape index (κ1) is 17.9. The van der Waals surface area contributed by atoms with Crippen molar-refractivity contribution < 1.29 is 4.79 Å². The van der Waals surface area contributed by atoms with Gasteiger partial charge >= 0.3 is 0 Å². The van der Waals surface area contributed by atoms with Crippen LogP contribution in [0.1, 0.15) is 18.5 Å². The van der Waals surface area contributed by atoms with Gasteiger partial charge in [-0.15, -0.1) is 0 Å². The van der Waals surface area contributed by atoms with E-state index in [-0.39, 0.29) is 11.9 Å². The highest BCUT2D eigenvalue weighted by molar-refractivity contribution is 9.10. The van der Waals surface area contributed by atoms with Crippen LogP contribution in [0.25, 0.3) is 0 Å². The van der Waals surface area contributed by atoms with Gasteiger partial charge in [0.2, 0.25) is 0 Å². The Labute approximate surface area is 164 Å². The van der Waals surface area contributed by atoms with Crippen molar-refractivity contribution in [2.24, 2.45) is 0 Å². The first-order valence-corrected chi connectivity index (χ1v) is 9.14. The van der Waals surface area contributed by atoms with Gasteiger partial charge < -0.3 is 16.0 Å². The molecule has 1 aliphatic rings. The van der Waals surface area contributed by atoms with Crippen molar-refractivity contribution in [1.29, 1.82) is 0 Å². The van der Waals surface area contributed by atoms with E-state index in [0.717, 1.165) is 10.0 Å². The average Bonchev–Trinajstić information content (AvgIpc) is 2.56. The molecule has 1 amide bonds. The summed E-state index contributed by atoms with van der Waals surface area (Å²) in [6, 6.07) is 14.5. The van der Waals surface area contributed by atoms with Crippen LogP contribution in [0.4, 0.5) is 5.69 Å². The fraction of sp³-hybridized carbons (Fsp3) is 0.111. The maximum absolute atomic E-state index is 13.0. The van der Waals surface area contributed by atoms with Gasteiger partial charge in [0.15, 0.2) is 5.11 Å². The third kappa shape index (κ3) is 3.86. The normalized spacial score (nSPS) is 16.9. The Hall–Kier alpha value is -1.89. The number of hydrogen-bond acceptors (Lipinski definition) is 2. The number of para-hydroxylation sites is 1. The second-order valence-corrected chi connectivity index (χ2v) is 7.20. The topological polar surface area (TPSA) is 53.2 Å². The van der Waals surface area contributed by atoms with Crippen LogP contribution in [-0.4, -0.2) is 11.0 Å². The lowest BCUT2D eigenvalue weighted by atomic mass is 9.95. The molecule has 0 aromatic heterocycles. The first-order chi connectivity index (χ1) is 12.0. The van der Waals surface area contributed by atoms with Gasteiger partial charge in [0.25, 0.3) is 5.91 Å². The molecule has 3 rings (SSSR count). The van der Waals surface area contributed by atoms with Crippen LogP contribution in [0.5, 0.6) is 0 Å². The third-order valence-corrected chi connectivity index (χ3v) is 5.12. The predicted octanol–water partition coefficient (Wildman–Crippen LogP) is 4.53.